The Morgan fingerprint density at radius 3 is 2.55 bits per heavy atom. The van der Waals surface area contributed by atoms with Crippen molar-refractivity contribution >= 4 is 29.7 Å². The minimum Gasteiger partial charge on any atom is -0.478 e. The molecule has 0 aliphatic carbocycles. The van der Waals surface area contributed by atoms with Crippen molar-refractivity contribution in [3.05, 3.63) is 12.2 Å². The third kappa shape index (κ3) is 4.19. The van der Waals surface area contributed by atoms with E-state index >= 15 is 0 Å². The Morgan fingerprint density at radius 2 is 1.95 bits per heavy atom. The van der Waals surface area contributed by atoms with Gasteiger partial charge in [-0.2, -0.15) is 0 Å². The van der Waals surface area contributed by atoms with Gasteiger partial charge in [0.25, 0.3) is 11.8 Å². The van der Waals surface area contributed by atoms with Crippen LogP contribution in [0.25, 0.3) is 0 Å². The van der Waals surface area contributed by atoms with Crippen LogP contribution in [0.5, 0.6) is 0 Å². The van der Waals surface area contributed by atoms with Gasteiger partial charge in [-0.15, -0.1) is 0 Å². The molecule has 0 aromatic heterocycles. The number of hydrogen-bond acceptors (Lipinski definition) is 5. The van der Waals surface area contributed by atoms with E-state index in [0.29, 0.717) is 12.2 Å². The molecule has 0 saturated carbocycles. The van der Waals surface area contributed by atoms with Crippen molar-refractivity contribution in [2.24, 2.45) is 0 Å². The maximum atomic E-state index is 11.7. The van der Waals surface area contributed by atoms with Crippen LogP contribution >= 0.6 is 0 Å². The lowest BCUT2D eigenvalue weighted by Gasteiger charge is -2.27. The number of likely N-dealkylation sites (N-methyl/N-ethyl adjacent to an activating group) is 1. The Kier molecular flexibility index (Phi) is 4.95. The molecule has 5 amide bonds. The molecule has 1 heterocycles. The molecule has 9 heteroatoms. The quantitative estimate of drug-likeness (QED) is 0.431. The molecule has 108 valence electrons. The molecule has 3 N–H and O–H groups in total. The standard InChI is InChI=1S/C11H13N3O6/c1-14-8(16)4-2-6(10(14)19)12-11(20)13-7(15)3-5-9(17)18/h3,5-6H,2,4H2,1H3,(H,17,18)(H2,12,13,15,20). The number of amides is 5. The molecule has 1 saturated heterocycles. The summed E-state index contributed by atoms with van der Waals surface area (Å²) >= 11 is 0. The number of piperidine rings is 1. The maximum Gasteiger partial charge on any atom is 0.328 e. The molecule has 20 heavy (non-hydrogen) atoms. The third-order valence-corrected chi connectivity index (χ3v) is 2.57. The molecule has 0 spiro atoms. The van der Waals surface area contributed by atoms with Crippen LogP contribution in [0.1, 0.15) is 12.8 Å². The lowest BCUT2D eigenvalue weighted by Crippen LogP contribution is -2.55. The van der Waals surface area contributed by atoms with Crippen LogP contribution in [-0.2, 0) is 19.2 Å². The number of likely N-dealkylation sites (tertiary alicyclic amines) is 1. The first-order chi connectivity index (χ1) is 9.31. The number of urea groups is 1. The normalized spacial score (nSPS) is 19.1. The van der Waals surface area contributed by atoms with Crippen molar-refractivity contribution in [1.29, 1.82) is 0 Å². The highest BCUT2D eigenvalue weighted by atomic mass is 16.4. The fourth-order valence-electron chi connectivity index (χ4n) is 1.54. The summed E-state index contributed by atoms with van der Waals surface area (Å²) in [5, 5.41) is 12.4. The van der Waals surface area contributed by atoms with E-state index in [1.165, 1.54) is 7.05 Å². The molecule has 9 nitrogen and oxygen atoms in total. The minimum absolute atomic E-state index is 0.111. The summed E-state index contributed by atoms with van der Waals surface area (Å²) in [6.07, 6.45) is 1.50. The second-order valence-corrected chi connectivity index (χ2v) is 4.02. The third-order valence-electron chi connectivity index (χ3n) is 2.57. The predicted molar refractivity (Wildman–Crippen MR) is 64.2 cm³/mol. The highest BCUT2D eigenvalue weighted by molar-refractivity contribution is 6.05. The molecule has 0 aromatic carbocycles. The van der Waals surface area contributed by atoms with Crippen molar-refractivity contribution in [1.82, 2.24) is 15.5 Å². The average molecular weight is 283 g/mol. The first-order valence-electron chi connectivity index (χ1n) is 5.64. The van der Waals surface area contributed by atoms with E-state index in [0.717, 1.165) is 4.90 Å². The van der Waals surface area contributed by atoms with Crippen LogP contribution in [0.15, 0.2) is 12.2 Å². The van der Waals surface area contributed by atoms with Crippen molar-refractivity contribution in [2.45, 2.75) is 18.9 Å². The van der Waals surface area contributed by atoms with Crippen molar-refractivity contribution in [3.63, 3.8) is 0 Å². The van der Waals surface area contributed by atoms with Crippen molar-refractivity contribution < 1.29 is 29.1 Å². The second kappa shape index (κ2) is 6.45. The van der Waals surface area contributed by atoms with Gasteiger partial charge in [0.2, 0.25) is 5.91 Å². The first-order valence-corrected chi connectivity index (χ1v) is 5.64. The molecule has 1 rings (SSSR count). The Hall–Kier alpha value is -2.71. The summed E-state index contributed by atoms with van der Waals surface area (Å²) in [5.41, 5.74) is 0. The van der Waals surface area contributed by atoms with E-state index in [-0.39, 0.29) is 18.7 Å². The SMILES string of the molecule is CN1C(=O)CCC(NC(=O)NC(=O)C=CC(=O)O)C1=O. The zero-order chi connectivity index (χ0) is 15.3. The van der Waals surface area contributed by atoms with Gasteiger partial charge in [-0.25, -0.2) is 9.59 Å². The van der Waals surface area contributed by atoms with Gasteiger partial charge in [0.1, 0.15) is 6.04 Å². The molecule has 0 bridgehead atoms. The predicted octanol–water partition coefficient (Wildman–Crippen LogP) is -1.40. The van der Waals surface area contributed by atoms with Gasteiger partial charge in [0.15, 0.2) is 0 Å². The van der Waals surface area contributed by atoms with Gasteiger partial charge in [-0.05, 0) is 6.42 Å². The van der Waals surface area contributed by atoms with E-state index in [2.05, 4.69) is 5.32 Å². The van der Waals surface area contributed by atoms with Crippen LogP contribution in [0, 0.1) is 0 Å². The maximum absolute atomic E-state index is 11.7. The molecule has 1 unspecified atom stereocenters. The number of nitrogens with zero attached hydrogens (tertiary/aromatic N) is 1. The monoisotopic (exact) mass is 283 g/mol. The van der Waals surface area contributed by atoms with Crippen molar-refractivity contribution in [2.75, 3.05) is 7.05 Å². The van der Waals surface area contributed by atoms with E-state index in [1.807, 2.05) is 5.32 Å². The van der Waals surface area contributed by atoms with Gasteiger partial charge in [0.05, 0.1) is 0 Å². The number of rotatable bonds is 3. The number of carbonyl (C=O) groups excluding carboxylic acids is 4. The summed E-state index contributed by atoms with van der Waals surface area (Å²) in [6.45, 7) is 0. The van der Waals surface area contributed by atoms with E-state index in [1.54, 1.807) is 0 Å². The van der Waals surface area contributed by atoms with Gasteiger partial charge >= 0.3 is 12.0 Å². The Balaban J connectivity index is 2.50. The highest BCUT2D eigenvalue weighted by Crippen LogP contribution is 2.10. The lowest BCUT2D eigenvalue weighted by atomic mass is 10.1. The van der Waals surface area contributed by atoms with Crippen LogP contribution in [0.3, 0.4) is 0 Å². The number of carboxylic acid groups (broad SMARTS) is 1. The lowest BCUT2D eigenvalue weighted by molar-refractivity contribution is -0.148. The fraction of sp³-hybridized carbons (Fsp3) is 0.364. The Morgan fingerprint density at radius 1 is 1.30 bits per heavy atom. The molecule has 1 aliphatic heterocycles. The fourth-order valence-corrected chi connectivity index (χ4v) is 1.54. The molecule has 1 fully saturated rings. The summed E-state index contributed by atoms with van der Waals surface area (Å²) < 4.78 is 0. The first kappa shape index (κ1) is 15.3. The number of nitrogens with one attached hydrogen (secondary N) is 2. The van der Waals surface area contributed by atoms with E-state index < -0.39 is 29.9 Å². The molecule has 1 aliphatic rings. The van der Waals surface area contributed by atoms with Crippen LogP contribution < -0.4 is 10.6 Å². The number of aliphatic carboxylic acids is 1. The van der Waals surface area contributed by atoms with Crippen molar-refractivity contribution in [3.8, 4) is 0 Å². The Labute approximate surface area is 113 Å². The van der Waals surface area contributed by atoms with Gasteiger partial charge in [-0.3, -0.25) is 24.6 Å². The summed E-state index contributed by atoms with van der Waals surface area (Å²) in [5.74, 6) is -3.17. The summed E-state index contributed by atoms with van der Waals surface area (Å²) in [7, 11) is 1.30. The number of imide groups is 2. The van der Waals surface area contributed by atoms with Crippen LogP contribution in [-0.4, -0.2) is 52.8 Å². The van der Waals surface area contributed by atoms with Crippen LogP contribution in [0.4, 0.5) is 4.79 Å². The second-order valence-electron chi connectivity index (χ2n) is 4.02. The number of hydrogen-bond donors (Lipinski definition) is 3. The largest absolute Gasteiger partial charge is 0.478 e. The van der Waals surface area contributed by atoms with Crippen LogP contribution in [0.2, 0.25) is 0 Å². The summed E-state index contributed by atoms with van der Waals surface area (Å²) in [6, 6.07) is -1.83. The zero-order valence-corrected chi connectivity index (χ0v) is 10.6. The smallest absolute Gasteiger partial charge is 0.328 e. The summed E-state index contributed by atoms with van der Waals surface area (Å²) in [4.78, 5) is 56.5. The molecule has 0 radical (unpaired) electrons. The van der Waals surface area contributed by atoms with Gasteiger partial charge < -0.3 is 10.4 Å². The molecule has 0 aromatic rings. The molecular formula is C11H13N3O6. The topological polar surface area (TPSA) is 133 Å². The van der Waals surface area contributed by atoms with Gasteiger partial charge in [0, 0.05) is 25.6 Å². The van der Waals surface area contributed by atoms with E-state index in [4.69, 9.17) is 5.11 Å². The zero-order valence-electron chi connectivity index (χ0n) is 10.6. The number of carboxylic acids is 1. The van der Waals surface area contributed by atoms with Gasteiger partial charge in [-0.1, -0.05) is 0 Å². The number of carbonyl (C=O) groups is 5. The molecular weight excluding hydrogens is 270 g/mol. The molecule has 1 atom stereocenters. The Bertz CT molecular complexity index is 498. The average Bonchev–Trinajstić information content (AvgIpc) is 2.37. The minimum atomic E-state index is -1.33. The van der Waals surface area contributed by atoms with E-state index in [9.17, 15) is 24.0 Å². The highest BCUT2D eigenvalue weighted by Gasteiger charge is 2.32.